The summed E-state index contributed by atoms with van der Waals surface area (Å²) in [5, 5.41) is 5.25. The van der Waals surface area contributed by atoms with Crippen LogP contribution in [0, 0.1) is 0 Å². The Labute approximate surface area is 133 Å². The molecule has 2 aromatic rings. The van der Waals surface area contributed by atoms with Gasteiger partial charge in [0.1, 0.15) is 11.5 Å². The monoisotopic (exact) mass is 311 g/mol. The molecular formula is C17H17N3O3. The van der Waals surface area contributed by atoms with Crippen molar-refractivity contribution in [1.82, 2.24) is 10.3 Å². The number of pyridine rings is 1. The van der Waals surface area contributed by atoms with Gasteiger partial charge in [-0.3, -0.25) is 9.59 Å². The van der Waals surface area contributed by atoms with E-state index in [2.05, 4.69) is 15.6 Å². The van der Waals surface area contributed by atoms with E-state index < -0.39 is 0 Å². The van der Waals surface area contributed by atoms with Crippen LogP contribution in [0.4, 0.5) is 5.82 Å². The maximum Gasteiger partial charge on any atom is 0.269 e. The summed E-state index contributed by atoms with van der Waals surface area (Å²) >= 11 is 0. The third-order valence-corrected chi connectivity index (χ3v) is 3.73. The highest BCUT2D eigenvalue weighted by Gasteiger charge is 2.18. The van der Waals surface area contributed by atoms with Gasteiger partial charge in [-0.15, -0.1) is 0 Å². The Morgan fingerprint density at radius 2 is 1.96 bits per heavy atom. The van der Waals surface area contributed by atoms with Crippen molar-refractivity contribution >= 4 is 17.6 Å². The predicted octanol–water partition coefficient (Wildman–Crippen LogP) is 1.77. The number of fused-ring (bicyclic) bond motifs is 1. The van der Waals surface area contributed by atoms with Crippen LogP contribution in [0.3, 0.4) is 0 Å². The molecule has 2 amide bonds. The van der Waals surface area contributed by atoms with Crippen LogP contribution in [-0.2, 0) is 17.8 Å². The topological polar surface area (TPSA) is 80.3 Å². The zero-order valence-electron chi connectivity index (χ0n) is 12.8. The molecule has 0 aliphatic carbocycles. The molecule has 2 N–H and O–H groups in total. The van der Waals surface area contributed by atoms with E-state index in [-0.39, 0.29) is 17.5 Å². The first-order valence-corrected chi connectivity index (χ1v) is 7.38. The molecule has 2 heterocycles. The first kappa shape index (κ1) is 15.2. The van der Waals surface area contributed by atoms with Crippen LogP contribution in [0.5, 0.6) is 0 Å². The van der Waals surface area contributed by atoms with E-state index in [9.17, 15) is 9.59 Å². The fraction of sp³-hybridized carbons (Fsp3) is 0.235. The van der Waals surface area contributed by atoms with Gasteiger partial charge in [0.15, 0.2) is 0 Å². The average molecular weight is 311 g/mol. The van der Waals surface area contributed by atoms with E-state index in [1.807, 2.05) is 12.1 Å². The number of benzene rings is 1. The van der Waals surface area contributed by atoms with Crippen LogP contribution >= 0.6 is 0 Å². The molecule has 0 saturated carbocycles. The van der Waals surface area contributed by atoms with Gasteiger partial charge in [0, 0.05) is 12.6 Å². The number of aromatic nitrogens is 1. The molecule has 0 unspecified atom stereocenters. The molecule has 1 aliphatic rings. The van der Waals surface area contributed by atoms with E-state index in [0.717, 1.165) is 17.5 Å². The molecule has 6 nitrogen and oxygen atoms in total. The van der Waals surface area contributed by atoms with Crippen molar-refractivity contribution in [1.29, 1.82) is 0 Å². The standard InChI is InChI=1S/C17H17N3O3/c1-18-17(22)14-6-3-7-15(19-14)20-16(21)12-5-2-4-11-8-9-23-10-13(11)12/h2-7H,8-10H2,1H3,(H,18,22)(H,19,20,21). The van der Waals surface area contributed by atoms with Crippen molar-refractivity contribution in [3.05, 3.63) is 58.8 Å². The zero-order valence-corrected chi connectivity index (χ0v) is 12.8. The van der Waals surface area contributed by atoms with Gasteiger partial charge in [0.2, 0.25) is 0 Å². The van der Waals surface area contributed by atoms with E-state index >= 15 is 0 Å². The van der Waals surface area contributed by atoms with Gasteiger partial charge in [0.05, 0.1) is 13.2 Å². The van der Waals surface area contributed by atoms with E-state index in [0.29, 0.717) is 24.6 Å². The zero-order chi connectivity index (χ0) is 16.2. The number of ether oxygens (including phenoxy) is 1. The number of carbonyl (C=O) groups excluding carboxylic acids is 2. The average Bonchev–Trinajstić information content (AvgIpc) is 2.60. The number of carbonyl (C=O) groups is 2. The predicted molar refractivity (Wildman–Crippen MR) is 85.4 cm³/mol. The molecular weight excluding hydrogens is 294 g/mol. The van der Waals surface area contributed by atoms with Crippen LogP contribution < -0.4 is 10.6 Å². The molecule has 1 aliphatic heterocycles. The molecule has 3 rings (SSSR count). The highest BCUT2D eigenvalue weighted by atomic mass is 16.5. The van der Waals surface area contributed by atoms with Crippen molar-refractivity contribution in [2.24, 2.45) is 0 Å². The van der Waals surface area contributed by atoms with Gasteiger partial charge in [-0.2, -0.15) is 0 Å². The Hall–Kier alpha value is -2.73. The molecule has 118 valence electrons. The third kappa shape index (κ3) is 3.22. The Morgan fingerprint density at radius 3 is 2.78 bits per heavy atom. The van der Waals surface area contributed by atoms with E-state index in [1.54, 1.807) is 24.3 Å². The largest absolute Gasteiger partial charge is 0.376 e. The van der Waals surface area contributed by atoms with Gasteiger partial charge in [0.25, 0.3) is 11.8 Å². The molecule has 0 bridgehead atoms. The second-order valence-corrected chi connectivity index (χ2v) is 5.19. The van der Waals surface area contributed by atoms with Crippen molar-refractivity contribution in [3.63, 3.8) is 0 Å². The molecule has 1 aromatic carbocycles. The number of nitrogens with zero attached hydrogens (tertiary/aromatic N) is 1. The second kappa shape index (κ2) is 6.58. The van der Waals surface area contributed by atoms with E-state index in [4.69, 9.17) is 4.74 Å². The minimum absolute atomic E-state index is 0.253. The molecule has 0 fully saturated rings. The Kier molecular flexibility index (Phi) is 4.34. The normalized spacial score (nSPS) is 13.1. The number of rotatable bonds is 3. The fourth-order valence-electron chi connectivity index (χ4n) is 2.55. The second-order valence-electron chi connectivity index (χ2n) is 5.19. The minimum Gasteiger partial charge on any atom is -0.376 e. The van der Waals surface area contributed by atoms with Crippen LogP contribution in [0.25, 0.3) is 0 Å². The quantitative estimate of drug-likeness (QED) is 0.905. The smallest absolute Gasteiger partial charge is 0.269 e. The number of amides is 2. The molecule has 1 aromatic heterocycles. The van der Waals surface area contributed by atoms with Crippen molar-refractivity contribution < 1.29 is 14.3 Å². The first-order valence-electron chi connectivity index (χ1n) is 7.38. The van der Waals surface area contributed by atoms with Crippen LogP contribution in [0.2, 0.25) is 0 Å². The highest BCUT2D eigenvalue weighted by molar-refractivity contribution is 6.05. The molecule has 0 saturated heterocycles. The number of anilines is 1. The lowest BCUT2D eigenvalue weighted by Crippen LogP contribution is -2.22. The van der Waals surface area contributed by atoms with E-state index in [1.165, 1.54) is 7.05 Å². The van der Waals surface area contributed by atoms with Crippen LogP contribution in [-0.4, -0.2) is 30.5 Å². The van der Waals surface area contributed by atoms with Gasteiger partial charge in [-0.1, -0.05) is 18.2 Å². The maximum atomic E-state index is 12.5. The van der Waals surface area contributed by atoms with Gasteiger partial charge >= 0.3 is 0 Å². The lowest BCUT2D eigenvalue weighted by Gasteiger charge is -2.19. The third-order valence-electron chi connectivity index (χ3n) is 3.73. The summed E-state index contributed by atoms with van der Waals surface area (Å²) < 4.78 is 5.45. The van der Waals surface area contributed by atoms with Crippen LogP contribution in [0.1, 0.15) is 32.0 Å². The number of hydrogen-bond donors (Lipinski definition) is 2. The molecule has 0 radical (unpaired) electrons. The summed E-state index contributed by atoms with van der Waals surface area (Å²) in [5.41, 5.74) is 2.88. The summed E-state index contributed by atoms with van der Waals surface area (Å²) in [7, 11) is 1.53. The lowest BCUT2D eigenvalue weighted by molar-refractivity contribution is 0.0955. The summed E-state index contributed by atoms with van der Waals surface area (Å²) in [6.07, 6.45) is 0.806. The maximum absolute atomic E-state index is 12.5. The summed E-state index contributed by atoms with van der Waals surface area (Å²) in [4.78, 5) is 28.3. The first-order chi connectivity index (χ1) is 11.2. The van der Waals surface area contributed by atoms with Crippen molar-refractivity contribution in [2.45, 2.75) is 13.0 Å². The molecule has 6 heteroatoms. The number of hydrogen-bond acceptors (Lipinski definition) is 4. The SMILES string of the molecule is CNC(=O)c1cccc(NC(=O)c2cccc3c2COCC3)n1. The van der Waals surface area contributed by atoms with Gasteiger partial charge < -0.3 is 15.4 Å². The summed E-state index contributed by atoms with van der Waals surface area (Å²) in [5.74, 6) is -0.217. The Morgan fingerprint density at radius 1 is 1.13 bits per heavy atom. The van der Waals surface area contributed by atoms with Crippen LogP contribution in [0.15, 0.2) is 36.4 Å². The number of nitrogens with one attached hydrogen (secondary N) is 2. The fourth-order valence-corrected chi connectivity index (χ4v) is 2.55. The lowest BCUT2D eigenvalue weighted by atomic mass is 9.97. The Balaban J connectivity index is 1.84. The van der Waals surface area contributed by atoms with Crippen molar-refractivity contribution in [2.75, 3.05) is 19.0 Å². The highest BCUT2D eigenvalue weighted by Crippen LogP contribution is 2.21. The molecule has 0 spiro atoms. The van der Waals surface area contributed by atoms with Crippen molar-refractivity contribution in [3.8, 4) is 0 Å². The molecule has 0 atom stereocenters. The minimum atomic E-state index is -0.299. The summed E-state index contributed by atoms with van der Waals surface area (Å²) in [6.45, 7) is 1.11. The summed E-state index contributed by atoms with van der Waals surface area (Å²) in [6, 6.07) is 10.6. The Bertz CT molecular complexity index is 758. The van der Waals surface area contributed by atoms with Gasteiger partial charge in [-0.25, -0.2) is 4.98 Å². The van der Waals surface area contributed by atoms with Gasteiger partial charge in [-0.05, 0) is 35.7 Å². The molecule has 23 heavy (non-hydrogen) atoms.